The number of aromatic nitrogens is 3. The second-order valence-electron chi connectivity index (χ2n) is 7.32. The van der Waals surface area contributed by atoms with E-state index in [1.54, 1.807) is 19.5 Å². The third-order valence-corrected chi connectivity index (χ3v) is 5.81. The zero-order chi connectivity index (χ0) is 18.4. The molecule has 1 amide bonds. The number of aromatic amines is 1. The van der Waals surface area contributed by atoms with Crippen LogP contribution in [0.25, 0.3) is 11.1 Å². The van der Waals surface area contributed by atoms with Crippen molar-refractivity contribution in [3.63, 3.8) is 0 Å². The minimum absolute atomic E-state index is 0.171. The molecule has 5 rings (SSSR count). The van der Waals surface area contributed by atoms with Gasteiger partial charge < -0.3 is 4.74 Å². The van der Waals surface area contributed by atoms with Crippen molar-refractivity contribution in [2.24, 2.45) is 5.41 Å². The number of rotatable bonds is 3. The standard InChI is InChI=1S/C21H20N4O2/c1-27-19-17(16-12-22-23-13-16)6-7-18(24-19)25-9-8-21(20(25)26)10-14-4-2-3-5-15(14)11-21/h2-7,12-13H,8-11H2,1H3,(H,22,23). The number of nitrogens with one attached hydrogen (secondary N) is 1. The van der Waals surface area contributed by atoms with Gasteiger partial charge in [-0.1, -0.05) is 24.3 Å². The molecule has 2 aromatic heterocycles. The lowest BCUT2D eigenvalue weighted by Gasteiger charge is -2.22. The van der Waals surface area contributed by atoms with Gasteiger partial charge in [-0.15, -0.1) is 0 Å². The van der Waals surface area contributed by atoms with E-state index in [4.69, 9.17) is 4.74 Å². The number of hydrogen-bond donors (Lipinski definition) is 1. The molecule has 0 atom stereocenters. The number of anilines is 1. The van der Waals surface area contributed by atoms with Gasteiger partial charge in [0.05, 0.1) is 18.7 Å². The maximum absolute atomic E-state index is 13.3. The van der Waals surface area contributed by atoms with E-state index in [0.717, 1.165) is 30.4 Å². The highest BCUT2D eigenvalue weighted by Gasteiger charge is 2.50. The van der Waals surface area contributed by atoms with Gasteiger partial charge in [0.15, 0.2) is 0 Å². The molecule has 2 aliphatic rings. The van der Waals surface area contributed by atoms with Crippen molar-refractivity contribution in [3.05, 3.63) is 59.9 Å². The predicted octanol–water partition coefficient (Wildman–Crippen LogP) is 3.00. The number of ether oxygens (including phenoxy) is 1. The fourth-order valence-electron chi connectivity index (χ4n) is 4.42. The van der Waals surface area contributed by atoms with Crippen molar-refractivity contribution in [2.45, 2.75) is 19.3 Å². The normalized spacial score (nSPS) is 17.5. The Morgan fingerprint density at radius 3 is 2.59 bits per heavy atom. The Kier molecular flexibility index (Phi) is 3.53. The van der Waals surface area contributed by atoms with Gasteiger partial charge in [-0.3, -0.25) is 14.8 Å². The molecule has 1 aliphatic heterocycles. The number of benzene rings is 1. The molecule has 27 heavy (non-hydrogen) atoms. The van der Waals surface area contributed by atoms with Gasteiger partial charge in [-0.2, -0.15) is 10.1 Å². The minimum Gasteiger partial charge on any atom is -0.480 e. The summed E-state index contributed by atoms with van der Waals surface area (Å²) in [5.41, 5.74) is 4.04. The molecule has 136 valence electrons. The van der Waals surface area contributed by atoms with Gasteiger partial charge in [0.25, 0.3) is 0 Å². The molecule has 3 heterocycles. The Labute approximate surface area is 157 Å². The zero-order valence-corrected chi connectivity index (χ0v) is 15.1. The molecule has 0 radical (unpaired) electrons. The molecule has 6 heteroatoms. The van der Waals surface area contributed by atoms with Gasteiger partial charge in [-0.25, -0.2) is 0 Å². The van der Waals surface area contributed by atoms with Gasteiger partial charge >= 0.3 is 0 Å². The molecule has 6 nitrogen and oxygen atoms in total. The summed E-state index contributed by atoms with van der Waals surface area (Å²) >= 11 is 0. The van der Waals surface area contributed by atoms with Crippen molar-refractivity contribution < 1.29 is 9.53 Å². The lowest BCUT2D eigenvalue weighted by Crippen LogP contribution is -2.35. The van der Waals surface area contributed by atoms with Crippen LogP contribution >= 0.6 is 0 Å². The number of carbonyl (C=O) groups is 1. The van der Waals surface area contributed by atoms with Crippen LogP contribution in [0.15, 0.2) is 48.8 Å². The number of pyridine rings is 1. The van der Waals surface area contributed by atoms with E-state index in [1.165, 1.54) is 11.1 Å². The number of H-pyrrole nitrogens is 1. The summed E-state index contributed by atoms with van der Waals surface area (Å²) in [5.74, 6) is 1.32. The number of nitrogens with zero attached hydrogens (tertiary/aromatic N) is 3. The van der Waals surface area contributed by atoms with Crippen LogP contribution in [0.5, 0.6) is 5.88 Å². The monoisotopic (exact) mass is 360 g/mol. The van der Waals surface area contributed by atoms with Gasteiger partial charge in [-0.05, 0) is 42.5 Å². The first-order valence-corrected chi connectivity index (χ1v) is 9.13. The molecule has 0 bridgehead atoms. The molecule has 1 aromatic carbocycles. The van der Waals surface area contributed by atoms with E-state index >= 15 is 0 Å². The van der Waals surface area contributed by atoms with Crippen LogP contribution < -0.4 is 9.64 Å². The van der Waals surface area contributed by atoms with Crippen molar-refractivity contribution in [2.75, 3.05) is 18.6 Å². The Hall–Kier alpha value is -3.15. The average Bonchev–Trinajstić information content (AvgIpc) is 3.42. The van der Waals surface area contributed by atoms with Crippen LogP contribution in [0.1, 0.15) is 17.5 Å². The van der Waals surface area contributed by atoms with Crippen molar-refractivity contribution >= 4 is 11.7 Å². The van der Waals surface area contributed by atoms with E-state index in [2.05, 4.69) is 39.4 Å². The molecule has 1 spiro atoms. The molecule has 1 N–H and O–H groups in total. The molecule has 0 unspecified atom stereocenters. The first-order chi connectivity index (χ1) is 13.2. The van der Waals surface area contributed by atoms with Crippen molar-refractivity contribution in [1.29, 1.82) is 0 Å². The second kappa shape index (κ2) is 5.94. The number of fused-ring (bicyclic) bond motifs is 1. The second-order valence-corrected chi connectivity index (χ2v) is 7.32. The minimum atomic E-state index is -0.318. The lowest BCUT2D eigenvalue weighted by molar-refractivity contribution is -0.125. The number of methoxy groups -OCH3 is 1. The fraction of sp³-hybridized carbons (Fsp3) is 0.286. The molecule has 0 saturated carbocycles. The smallest absolute Gasteiger partial charge is 0.235 e. The van der Waals surface area contributed by atoms with E-state index < -0.39 is 0 Å². The van der Waals surface area contributed by atoms with E-state index in [0.29, 0.717) is 18.2 Å². The molecule has 1 fully saturated rings. The van der Waals surface area contributed by atoms with Crippen LogP contribution in [-0.4, -0.2) is 34.7 Å². The first-order valence-electron chi connectivity index (χ1n) is 9.13. The Morgan fingerprint density at radius 1 is 1.15 bits per heavy atom. The van der Waals surface area contributed by atoms with Crippen LogP contribution in [0.4, 0.5) is 5.82 Å². The SMILES string of the molecule is COc1nc(N2CCC3(Cc4ccccc4C3)C2=O)ccc1-c1cn[nH]c1. The summed E-state index contributed by atoms with van der Waals surface area (Å²) in [6.45, 7) is 0.689. The topological polar surface area (TPSA) is 71.1 Å². The van der Waals surface area contributed by atoms with Gasteiger partial charge in [0, 0.05) is 23.9 Å². The largest absolute Gasteiger partial charge is 0.480 e. The Bertz CT molecular complexity index is 988. The van der Waals surface area contributed by atoms with E-state index in [9.17, 15) is 4.79 Å². The summed E-state index contributed by atoms with van der Waals surface area (Å²) in [7, 11) is 1.59. The quantitative estimate of drug-likeness (QED) is 0.779. The third-order valence-electron chi connectivity index (χ3n) is 5.81. The fourth-order valence-corrected chi connectivity index (χ4v) is 4.42. The molecule has 3 aromatic rings. The van der Waals surface area contributed by atoms with Crippen LogP contribution in [0.3, 0.4) is 0 Å². The summed E-state index contributed by atoms with van der Waals surface area (Å²) in [6.07, 6.45) is 6.02. The summed E-state index contributed by atoms with van der Waals surface area (Å²) in [6, 6.07) is 12.2. The third kappa shape index (κ3) is 2.44. The average molecular weight is 360 g/mol. The predicted molar refractivity (Wildman–Crippen MR) is 102 cm³/mol. The van der Waals surface area contributed by atoms with Crippen LogP contribution in [-0.2, 0) is 17.6 Å². The summed E-state index contributed by atoms with van der Waals surface area (Å²) in [4.78, 5) is 19.8. The van der Waals surface area contributed by atoms with Crippen molar-refractivity contribution in [3.8, 4) is 17.0 Å². The van der Waals surface area contributed by atoms with Crippen LogP contribution in [0.2, 0.25) is 0 Å². The highest BCUT2D eigenvalue weighted by atomic mass is 16.5. The Morgan fingerprint density at radius 2 is 1.93 bits per heavy atom. The number of hydrogen-bond acceptors (Lipinski definition) is 4. The number of amides is 1. The highest BCUT2D eigenvalue weighted by molar-refractivity contribution is 6.00. The highest BCUT2D eigenvalue weighted by Crippen LogP contribution is 2.46. The van der Waals surface area contributed by atoms with E-state index in [1.807, 2.05) is 17.0 Å². The lowest BCUT2D eigenvalue weighted by atomic mass is 9.83. The number of carbonyl (C=O) groups excluding carboxylic acids is 1. The van der Waals surface area contributed by atoms with Crippen LogP contribution in [0, 0.1) is 5.41 Å². The molecular weight excluding hydrogens is 340 g/mol. The summed E-state index contributed by atoms with van der Waals surface area (Å²) in [5, 5.41) is 6.78. The van der Waals surface area contributed by atoms with E-state index in [-0.39, 0.29) is 11.3 Å². The molecular formula is C21H20N4O2. The Balaban J connectivity index is 1.46. The van der Waals surface area contributed by atoms with Gasteiger partial charge in [0.1, 0.15) is 5.82 Å². The van der Waals surface area contributed by atoms with Crippen molar-refractivity contribution in [1.82, 2.24) is 15.2 Å². The first kappa shape index (κ1) is 16.1. The zero-order valence-electron chi connectivity index (χ0n) is 15.1. The molecule has 1 aliphatic carbocycles. The molecule has 1 saturated heterocycles. The maximum Gasteiger partial charge on any atom is 0.235 e. The maximum atomic E-state index is 13.3. The van der Waals surface area contributed by atoms with Gasteiger partial charge in [0.2, 0.25) is 11.8 Å². The summed E-state index contributed by atoms with van der Waals surface area (Å²) < 4.78 is 5.48.